The summed E-state index contributed by atoms with van der Waals surface area (Å²) in [5.41, 5.74) is 3.61. The van der Waals surface area contributed by atoms with E-state index in [4.69, 9.17) is 11.6 Å². The van der Waals surface area contributed by atoms with Crippen molar-refractivity contribution in [3.8, 4) is 0 Å². The number of carbonyl (C=O) groups excluding carboxylic acids is 1. The van der Waals surface area contributed by atoms with Crippen molar-refractivity contribution in [3.63, 3.8) is 0 Å². The Kier molecular flexibility index (Phi) is 6.98. The van der Waals surface area contributed by atoms with Crippen LogP contribution in [0.2, 0.25) is 5.02 Å². The van der Waals surface area contributed by atoms with Gasteiger partial charge in [-0.15, -0.1) is 0 Å². The van der Waals surface area contributed by atoms with Crippen molar-refractivity contribution < 1.29 is 17.6 Å². The maximum atomic E-state index is 13.9. The van der Waals surface area contributed by atoms with Gasteiger partial charge < -0.3 is 9.47 Å². The second-order valence-electron chi connectivity index (χ2n) is 10.4. The maximum Gasteiger partial charge on any atom is 0.241 e. The highest BCUT2D eigenvalue weighted by atomic mass is 35.5. The smallest absolute Gasteiger partial charge is 0.241 e. The van der Waals surface area contributed by atoms with Crippen LogP contribution in [0.5, 0.6) is 0 Å². The molecular weight excluding hydrogens is 551 g/mol. The van der Waals surface area contributed by atoms with E-state index in [0.717, 1.165) is 35.0 Å². The molecule has 1 heterocycles. The third-order valence-corrected chi connectivity index (χ3v) is 9.54. The molecule has 1 saturated carbocycles. The second-order valence-corrected chi connectivity index (χ2v) is 12.6. The molecule has 0 aliphatic heterocycles. The van der Waals surface area contributed by atoms with Gasteiger partial charge in [-0.2, -0.15) is 0 Å². The Balaban J connectivity index is 1.29. The molecule has 1 fully saturated rings. The molecule has 206 valence electrons. The summed E-state index contributed by atoms with van der Waals surface area (Å²) in [6.07, 6.45) is 5.55. The van der Waals surface area contributed by atoms with Gasteiger partial charge in [-0.3, -0.25) is 4.79 Å². The molecule has 3 aromatic carbocycles. The van der Waals surface area contributed by atoms with E-state index >= 15 is 0 Å². The number of aromatic nitrogens is 2. The van der Waals surface area contributed by atoms with Gasteiger partial charge in [0.05, 0.1) is 11.4 Å². The summed E-state index contributed by atoms with van der Waals surface area (Å²) in [7, 11) is -2.06. The van der Waals surface area contributed by atoms with Crippen LogP contribution in [0, 0.1) is 11.7 Å². The van der Waals surface area contributed by atoms with Crippen LogP contribution in [0.3, 0.4) is 0 Å². The number of sulfonamides is 1. The minimum Gasteiger partial charge on any atom is -0.337 e. The summed E-state index contributed by atoms with van der Waals surface area (Å²) in [6, 6.07) is 17.9. The van der Waals surface area contributed by atoms with Gasteiger partial charge in [-0.25, -0.2) is 22.5 Å². The number of fused-ring (bicyclic) bond motifs is 1. The van der Waals surface area contributed by atoms with Crippen molar-refractivity contribution >= 4 is 33.2 Å². The summed E-state index contributed by atoms with van der Waals surface area (Å²) >= 11 is 6.06. The standard InChI is InChI=1S/C30H28ClFN4O3S/c1-35-14-13-33-29(35)18-36(30(37)27-17-25(27)19-5-9-21(31)10-6-19)23-11-7-20-8-12-28(26(20)16-23)34-40(38,39)24-4-2-3-22(32)15-24/h2-7,9-11,13-16,25,27-28,34H,8,12,17-18H2,1H3/t25-,27+,28-/m0/s1. The summed E-state index contributed by atoms with van der Waals surface area (Å²) in [4.78, 5) is 20.0. The fourth-order valence-corrected chi connectivity index (χ4v) is 6.91. The molecule has 2 aliphatic carbocycles. The molecule has 0 saturated heterocycles. The molecule has 1 amide bonds. The van der Waals surface area contributed by atoms with Crippen LogP contribution >= 0.6 is 11.6 Å². The Labute approximate surface area is 237 Å². The first-order valence-electron chi connectivity index (χ1n) is 13.1. The van der Waals surface area contributed by atoms with Crippen molar-refractivity contribution in [2.24, 2.45) is 13.0 Å². The molecule has 3 atom stereocenters. The fourth-order valence-electron chi connectivity index (χ4n) is 5.50. The molecule has 4 aromatic rings. The SMILES string of the molecule is Cn1ccnc1CN(C(=O)[C@@H]1C[C@H]1c1ccc(Cl)cc1)c1ccc2c(c1)[C@@H](NS(=O)(=O)c1cccc(F)c1)CC2. The van der Waals surface area contributed by atoms with Gasteiger partial charge in [0.2, 0.25) is 15.9 Å². The van der Waals surface area contributed by atoms with E-state index in [1.54, 1.807) is 11.1 Å². The molecule has 6 rings (SSSR count). The van der Waals surface area contributed by atoms with Crippen molar-refractivity contribution in [3.05, 3.63) is 112 Å². The molecule has 0 radical (unpaired) electrons. The van der Waals surface area contributed by atoms with Gasteiger partial charge in [0.15, 0.2) is 0 Å². The van der Waals surface area contributed by atoms with Gasteiger partial charge >= 0.3 is 0 Å². The number of hydrogen-bond acceptors (Lipinski definition) is 4. The van der Waals surface area contributed by atoms with Gasteiger partial charge in [-0.05, 0) is 84.3 Å². The predicted molar refractivity (Wildman–Crippen MR) is 151 cm³/mol. The second kappa shape index (κ2) is 10.5. The van der Waals surface area contributed by atoms with Crippen molar-refractivity contribution in [2.45, 2.75) is 42.7 Å². The van der Waals surface area contributed by atoms with Crippen molar-refractivity contribution in [1.29, 1.82) is 0 Å². The number of hydrogen-bond donors (Lipinski definition) is 1. The third-order valence-electron chi connectivity index (χ3n) is 7.82. The number of anilines is 1. The van der Waals surface area contributed by atoms with E-state index in [0.29, 0.717) is 23.6 Å². The highest BCUT2D eigenvalue weighted by Crippen LogP contribution is 2.49. The van der Waals surface area contributed by atoms with Crippen molar-refractivity contribution in [2.75, 3.05) is 4.90 Å². The lowest BCUT2D eigenvalue weighted by Gasteiger charge is -2.25. The van der Waals surface area contributed by atoms with Crippen LogP contribution in [0.1, 0.15) is 47.3 Å². The van der Waals surface area contributed by atoms with E-state index < -0.39 is 21.9 Å². The van der Waals surface area contributed by atoms with Crippen LogP contribution in [0.15, 0.2) is 84.0 Å². The lowest BCUT2D eigenvalue weighted by Crippen LogP contribution is -2.33. The first-order chi connectivity index (χ1) is 19.2. The number of imidazole rings is 1. The molecule has 2 aliphatic rings. The Morgan fingerprint density at radius 1 is 1.15 bits per heavy atom. The van der Waals surface area contributed by atoms with Crippen LogP contribution in [0.25, 0.3) is 0 Å². The fraction of sp³-hybridized carbons (Fsp3) is 0.267. The number of benzene rings is 3. The van der Waals surface area contributed by atoms with Gasteiger partial charge in [-0.1, -0.05) is 35.9 Å². The Bertz CT molecular complexity index is 1690. The van der Waals surface area contributed by atoms with Crippen molar-refractivity contribution in [1.82, 2.24) is 14.3 Å². The van der Waals surface area contributed by atoms with Crippen LogP contribution in [-0.4, -0.2) is 23.9 Å². The first-order valence-corrected chi connectivity index (χ1v) is 15.0. The van der Waals surface area contributed by atoms with Gasteiger partial charge in [0.25, 0.3) is 0 Å². The lowest BCUT2D eigenvalue weighted by atomic mass is 10.1. The maximum absolute atomic E-state index is 13.9. The van der Waals surface area contributed by atoms with E-state index in [9.17, 15) is 17.6 Å². The normalized spacial score (nSPS) is 19.8. The Hall–Kier alpha value is -3.53. The number of halogens is 2. The number of nitrogens with zero attached hydrogens (tertiary/aromatic N) is 3. The summed E-state index contributed by atoms with van der Waals surface area (Å²) < 4.78 is 44.5. The number of nitrogens with one attached hydrogen (secondary N) is 1. The summed E-state index contributed by atoms with van der Waals surface area (Å²) in [6.45, 7) is 0.282. The average molecular weight is 579 g/mol. The van der Waals surface area contributed by atoms with E-state index in [1.165, 1.54) is 18.2 Å². The minimum absolute atomic E-state index is 0.00205. The predicted octanol–water partition coefficient (Wildman–Crippen LogP) is 5.52. The van der Waals surface area contributed by atoms with Crippen LogP contribution < -0.4 is 9.62 Å². The quantitative estimate of drug-likeness (QED) is 0.299. The zero-order chi connectivity index (χ0) is 28.0. The number of rotatable bonds is 8. The monoisotopic (exact) mass is 578 g/mol. The minimum atomic E-state index is -3.94. The van der Waals surface area contributed by atoms with Crippen LogP contribution in [0.4, 0.5) is 10.1 Å². The summed E-state index contributed by atoms with van der Waals surface area (Å²) in [5.74, 6) is 0.0713. The topological polar surface area (TPSA) is 84.3 Å². The number of aryl methyl sites for hydroxylation is 2. The molecule has 1 N–H and O–H groups in total. The van der Waals surface area contributed by atoms with Crippen LogP contribution in [-0.2, 0) is 34.8 Å². The molecule has 40 heavy (non-hydrogen) atoms. The number of carbonyl (C=O) groups is 1. The largest absolute Gasteiger partial charge is 0.337 e. The number of amides is 1. The summed E-state index contributed by atoms with van der Waals surface area (Å²) in [5, 5.41) is 0.657. The molecule has 0 bridgehead atoms. The lowest BCUT2D eigenvalue weighted by molar-refractivity contribution is -0.120. The van der Waals surface area contributed by atoms with E-state index in [-0.39, 0.29) is 29.2 Å². The zero-order valence-electron chi connectivity index (χ0n) is 21.8. The van der Waals surface area contributed by atoms with Gasteiger partial charge in [0, 0.05) is 42.1 Å². The highest BCUT2D eigenvalue weighted by molar-refractivity contribution is 7.89. The zero-order valence-corrected chi connectivity index (χ0v) is 23.4. The Morgan fingerprint density at radius 3 is 2.67 bits per heavy atom. The highest BCUT2D eigenvalue weighted by Gasteiger charge is 2.46. The molecule has 10 heteroatoms. The molecule has 7 nitrogen and oxygen atoms in total. The third kappa shape index (κ3) is 5.29. The molecule has 0 spiro atoms. The molecule has 0 unspecified atom stereocenters. The average Bonchev–Trinajstić information content (AvgIpc) is 3.49. The Morgan fingerprint density at radius 2 is 1.95 bits per heavy atom. The molecular formula is C30H28ClFN4O3S. The van der Waals surface area contributed by atoms with Gasteiger partial charge in [0.1, 0.15) is 11.6 Å². The molecule has 1 aromatic heterocycles. The van der Waals surface area contributed by atoms with E-state index in [1.807, 2.05) is 60.3 Å². The first kappa shape index (κ1) is 26.7. The van der Waals surface area contributed by atoms with E-state index in [2.05, 4.69) is 9.71 Å².